The van der Waals surface area contributed by atoms with Crippen molar-refractivity contribution >= 4 is 5.95 Å². The molecule has 0 saturated heterocycles. The van der Waals surface area contributed by atoms with Gasteiger partial charge in [-0.05, 0) is 31.4 Å². The van der Waals surface area contributed by atoms with Crippen LogP contribution < -0.4 is 10.5 Å². The number of aromatic amines is 1. The van der Waals surface area contributed by atoms with Crippen molar-refractivity contribution in [3.63, 3.8) is 0 Å². The number of nitrogen functional groups attached to an aromatic ring is 1. The first-order chi connectivity index (χ1) is 8.19. The van der Waals surface area contributed by atoms with Gasteiger partial charge in [-0.3, -0.25) is 0 Å². The number of imidazole rings is 1. The molecule has 0 fully saturated rings. The maximum atomic E-state index is 5.54. The molecule has 1 aromatic heterocycles. The molecule has 0 amide bonds. The van der Waals surface area contributed by atoms with Crippen LogP contribution in [-0.2, 0) is 12.8 Å². The molecule has 17 heavy (non-hydrogen) atoms. The summed E-state index contributed by atoms with van der Waals surface area (Å²) in [5, 5.41) is 0. The number of aromatic nitrogens is 2. The molecule has 0 aliphatic rings. The maximum Gasteiger partial charge on any atom is 0.197 e. The van der Waals surface area contributed by atoms with E-state index >= 15 is 0 Å². The SMILES string of the molecule is COc1ccc(C)cc1CCc1cnc(N)[nH]1. The number of methoxy groups -OCH3 is 1. The van der Waals surface area contributed by atoms with Crippen molar-refractivity contribution in [3.05, 3.63) is 41.2 Å². The van der Waals surface area contributed by atoms with Gasteiger partial charge in [0.25, 0.3) is 0 Å². The number of hydrogen-bond acceptors (Lipinski definition) is 3. The molecule has 0 bridgehead atoms. The first-order valence-corrected chi connectivity index (χ1v) is 5.62. The van der Waals surface area contributed by atoms with Crippen LogP contribution in [0.3, 0.4) is 0 Å². The second-order valence-corrected chi connectivity index (χ2v) is 4.11. The summed E-state index contributed by atoms with van der Waals surface area (Å²) >= 11 is 0. The zero-order valence-electron chi connectivity index (χ0n) is 10.2. The van der Waals surface area contributed by atoms with Crippen molar-refractivity contribution in [2.24, 2.45) is 0 Å². The lowest BCUT2D eigenvalue weighted by atomic mass is 10.0. The highest BCUT2D eigenvalue weighted by Gasteiger charge is 2.05. The van der Waals surface area contributed by atoms with E-state index in [1.165, 1.54) is 11.1 Å². The summed E-state index contributed by atoms with van der Waals surface area (Å²) in [5.74, 6) is 1.40. The van der Waals surface area contributed by atoms with Crippen molar-refractivity contribution in [3.8, 4) is 5.75 Å². The lowest BCUT2D eigenvalue weighted by Crippen LogP contribution is -1.97. The standard InChI is InChI=1S/C13H17N3O/c1-9-3-6-12(17-2)10(7-9)4-5-11-8-15-13(14)16-11/h3,6-8H,4-5H2,1-2H3,(H3,14,15,16). The third-order valence-corrected chi connectivity index (χ3v) is 2.75. The Morgan fingerprint density at radius 2 is 2.18 bits per heavy atom. The number of rotatable bonds is 4. The summed E-state index contributed by atoms with van der Waals surface area (Å²) in [6.07, 6.45) is 3.56. The third kappa shape index (κ3) is 2.78. The number of nitrogens with two attached hydrogens (primary N) is 1. The minimum atomic E-state index is 0.469. The lowest BCUT2D eigenvalue weighted by Gasteiger charge is -2.08. The second kappa shape index (κ2) is 4.91. The van der Waals surface area contributed by atoms with Crippen LogP contribution in [0.2, 0.25) is 0 Å². The fraction of sp³-hybridized carbons (Fsp3) is 0.308. The van der Waals surface area contributed by atoms with Gasteiger partial charge in [0.2, 0.25) is 0 Å². The average molecular weight is 231 g/mol. The molecule has 2 rings (SSSR count). The highest BCUT2D eigenvalue weighted by atomic mass is 16.5. The van der Waals surface area contributed by atoms with Crippen LogP contribution in [0.1, 0.15) is 16.8 Å². The van der Waals surface area contributed by atoms with E-state index in [-0.39, 0.29) is 0 Å². The number of ether oxygens (including phenoxy) is 1. The van der Waals surface area contributed by atoms with Crippen molar-refractivity contribution < 1.29 is 4.74 Å². The topological polar surface area (TPSA) is 63.9 Å². The largest absolute Gasteiger partial charge is 0.496 e. The molecule has 1 heterocycles. The zero-order valence-corrected chi connectivity index (χ0v) is 10.2. The highest BCUT2D eigenvalue weighted by molar-refractivity contribution is 5.37. The van der Waals surface area contributed by atoms with Crippen LogP contribution in [0, 0.1) is 6.92 Å². The molecule has 0 atom stereocenters. The van der Waals surface area contributed by atoms with Gasteiger partial charge in [-0.2, -0.15) is 0 Å². The first kappa shape index (κ1) is 11.5. The summed E-state index contributed by atoms with van der Waals surface area (Å²) < 4.78 is 5.34. The third-order valence-electron chi connectivity index (χ3n) is 2.75. The summed E-state index contributed by atoms with van der Waals surface area (Å²) in [4.78, 5) is 7.00. The Morgan fingerprint density at radius 1 is 1.35 bits per heavy atom. The number of H-pyrrole nitrogens is 1. The molecule has 4 nitrogen and oxygen atoms in total. The van der Waals surface area contributed by atoms with Crippen molar-refractivity contribution in [1.29, 1.82) is 0 Å². The number of benzene rings is 1. The molecule has 0 aliphatic heterocycles. The van der Waals surface area contributed by atoms with Gasteiger partial charge in [-0.25, -0.2) is 4.98 Å². The lowest BCUT2D eigenvalue weighted by molar-refractivity contribution is 0.409. The average Bonchev–Trinajstić information content (AvgIpc) is 2.73. The molecule has 0 radical (unpaired) electrons. The van der Waals surface area contributed by atoms with Gasteiger partial charge in [0.1, 0.15) is 5.75 Å². The molecule has 4 heteroatoms. The Bertz CT molecular complexity index is 505. The van der Waals surface area contributed by atoms with Crippen LogP contribution in [0.25, 0.3) is 0 Å². The molecule has 0 aliphatic carbocycles. The van der Waals surface area contributed by atoms with E-state index in [0.717, 1.165) is 24.3 Å². The molecule has 1 aromatic carbocycles. The van der Waals surface area contributed by atoms with Gasteiger partial charge in [0.15, 0.2) is 5.95 Å². The Kier molecular flexibility index (Phi) is 3.32. The number of nitrogens with zero attached hydrogens (tertiary/aromatic N) is 1. The fourth-order valence-electron chi connectivity index (χ4n) is 1.88. The smallest absolute Gasteiger partial charge is 0.197 e. The number of nitrogens with one attached hydrogen (secondary N) is 1. The predicted octanol–water partition coefficient (Wildman–Crippen LogP) is 2.09. The van der Waals surface area contributed by atoms with Crippen molar-refractivity contribution in [2.75, 3.05) is 12.8 Å². The number of anilines is 1. The quantitative estimate of drug-likeness (QED) is 0.847. The molecular formula is C13H17N3O. The van der Waals surface area contributed by atoms with Crippen molar-refractivity contribution in [1.82, 2.24) is 9.97 Å². The maximum absolute atomic E-state index is 5.54. The molecule has 0 unspecified atom stereocenters. The summed E-state index contributed by atoms with van der Waals surface area (Å²) in [6.45, 7) is 2.08. The van der Waals surface area contributed by atoms with E-state index < -0.39 is 0 Å². The minimum absolute atomic E-state index is 0.469. The van der Waals surface area contributed by atoms with E-state index in [2.05, 4.69) is 29.0 Å². The van der Waals surface area contributed by atoms with Gasteiger partial charge in [-0.1, -0.05) is 17.7 Å². The van der Waals surface area contributed by atoms with Gasteiger partial charge < -0.3 is 15.5 Å². The molecule has 90 valence electrons. The molecule has 2 aromatic rings. The van der Waals surface area contributed by atoms with Crippen LogP contribution in [0.4, 0.5) is 5.95 Å². The first-order valence-electron chi connectivity index (χ1n) is 5.62. The molecule has 0 saturated carbocycles. The van der Waals surface area contributed by atoms with Gasteiger partial charge in [-0.15, -0.1) is 0 Å². The summed E-state index contributed by atoms with van der Waals surface area (Å²) in [5.41, 5.74) is 9.03. The summed E-state index contributed by atoms with van der Waals surface area (Å²) in [6, 6.07) is 6.21. The number of aryl methyl sites for hydroxylation is 3. The Morgan fingerprint density at radius 3 is 2.82 bits per heavy atom. The van der Waals surface area contributed by atoms with Crippen LogP contribution in [0.5, 0.6) is 5.75 Å². The van der Waals surface area contributed by atoms with Gasteiger partial charge >= 0.3 is 0 Å². The molecule has 3 N–H and O–H groups in total. The molecule has 0 spiro atoms. The van der Waals surface area contributed by atoms with Crippen LogP contribution in [0.15, 0.2) is 24.4 Å². The van der Waals surface area contributed by atoms with Gasteiger partial charge in [0.05, 0.1) is 13.3 Å². The van der Waals surface area contributed by atoms with Crippen molar-refractivity contribution in [2.45, 2.75) is 19.8 Å². The Labute approximate surface area is 101 Å². The Balaban J connectivity index is 2.10. The summed E-state index contributed by atoms with van der Waals surface area (Å²) in [7, 11) is 1.70. The van der Waals surface area contributed by atoms with E-state index in [0.29, 0.717) is 5.95 Å². The molecular weight excluding hydrogens is 214 g/mol. The highest BCUT2D eigenvalue weighted by Crippen LogP contribution is 2.21. The van der Waals surface area contributed by atoms with E-state index in [4.69, 9.17) is 10.5 Å². The predicted molar refractivity (Wildman–Crippen MR) is 68.1 cm³/mol. The second-order valence-electron chi connectivity index (χ2n) is 4.11. The van der Waals surface area contributed by atoms with Crippen LogP contribution in [-0.4, -0.2) is 17.1 Å². The van der Waals surface area contributed by atoms with E-state index in [9.17, 15) is 0 Å². The van der Waals surface area contributed by atoms with E-state index in [1.807, 2.05) is 6.07 Å². The Hall–Kier alpha value is -1.97. The minimum Gasteiger partial charge on any atom is -0.496 e. The van der Waals surface area contributed by atoms with Crippen LogP contribution >= 0.6 is 0 Å². The normalized spacial score (nSPS) is 10.5. The fourth-order valence-corrected chi connectivity index (χ4v) is 1.88. The monoisotopic (exact) mass is 231 g/mol. The van der Waals surface area contributed by atoms with Gasteiger partial charge in [0, 0.05) is 5.69 Å². The van der Waals surface area contributed by atoms with E-state index in [1.54, 1.807) is 13.3 Å². The zero-order chi connectivity index (χ0) is 12.3. The number of hydrogen-bond donors (Lipinski definition) is 2.